The first kappa shape index (κ1) is 23.7. The van der Waals surface area contributed by atoms with Crippen LogP contribution in [0.2, 0.25) is 0 Å². The van der Waals surface area contributed by atoms with Crippen LogP contribution in [0.3, 0.4) is 0 Å². The third kappa shape index (κ3) is 4.18. The predicted molar refractivity (Wildman–Crippen MR) is 141 cm³/mol. The number of ketones is 1. The monoisotopic (exact) mass is 470 g/mol. The molecule has 1 aromatic heterocycles. The van der Waals surface area contributed by atoms with Crippen LogP contribution < -0.4 is 0 Å². The fraction of sp³-hybridized carbons (Fsp3) is 0.367. The minimum atomic E-state index is -0.651. The molecule has 1 unspecified atom stereocenters. The van der Waals surface area contributed by atoms with Crippen LogP contribution in [0.5, 0.6) is 0 Å². The first-order chi connectivity index (χ1) is 16.8. The maximum atomic E-state index is 13.2. The maximum absolute atomic E-state index is 13.2. The van der Waals surface area contributed by atoms with Crippen molar-refractivity contribution < 1.29 is 14.6 Å². The molecule has 0 amide bonds. The fourth-order valence-electron chi connectivity index (χ4n) is 5.37. The van der Waals surface area contributed by atoms with Crippen molar-refractivity contribution in [3.8, 4) is 0 Å². The SMILES string of the molecule is CCn1c2ccc(C(=O)c3ccc(C)cc3)cc2c2cc(C(O)C(C)(C)N3CCOCC3)ccc21. The Morgan fingerprint density at radius 2 is 1.54 bits per heavy atom. The number of nitrogens with zero attached hydrogens (tertiary/aromatic N) is 2. The maximum Gasteiger partial charge on any atom is 0.193 e. The summed E-state index contributed by atoms with van der Waals surface area (Å²) in [4.78, 5) is 15.5. The summed E-state index contributed by atoms with van der Waals surface area (Å²) in [5.74, 6) is 0.0222. The molecule has 0 saturated carbocycles. The quantitative estimate of drug-likeness (QED) is 0.378. The predicted octanol–water partition coefficient (Wildman–Crippen LogP) is 5.50. The summed E-state index contributed by atoms with van der Waals surface area (Å²) in [5, 5.41) is 13.6. The van der Waals surface area contributed by atoms with E-state index in [-0.39, 0.29) is 5.78 Å². The Bertz CT molecular complexity index is 1380. The van der Waals surface area contributed by atoms with Crippen LogP contribution in [0.15, 0.2) is 60.7 Å². The number of ether oxygens (including phenoxy) is 1. The molecule has 5 rings (SSSR count). The molecule has 1 aliphatic heterocycles. The van der Waals surface area contributed by atoms with E-state index in [9.17, 15) is 9.90 Å². The van der Waals surface area contributed by atoms with Crippen molar-refractivity contribution in [3.63, 3.8) is 0 Å². The number of carbonyl (C=O) groups is 1. The lowest BCUT2D eigenvalue weighted by molar-refractivity contribution is -0.0630. The second-order valence-corrected chi connectivity index (χ2v) is 10.1. The molecule has 4 aromatic rings. The van der Waals surface area contributed by atoms with Crippen LogP contribution in [0.25, 0.3) is 21.8 Å². The average Bonchev–Trinajstić information content (AvgIpc) is 3.21. The van der Waals surface area contributed by atoms with Crippen LogP contribution in [0.4, 0.5) is 0 Å². The Balaban J connectivity index is 1.59. The zero-order valence-electron chi connectivity index (χ0n) is 21.0. The van der Waals surface area contributed by atoms with Crippen molar-refractivity contribution >= 4 is 27.6 Å². The van der Waals surface area contributed by atoms with Gasteiger partial charge in [0.1, 0.15) is 0 Å². The Kier molecular flexibility index (Phi) is 6.26. The molecule has 2 heterocycles. The number of aryl methyl sites for hydroxylation is 2. The molecule has 35 heavy (non-hydrogen) atoms. The largest absolute Gasteiger partial charge is 0.386 e. The molecule has 1 atom stereocenters. The van der Waals surface area contributed by atoms with Crippen molar-refractivity contribution in [2.45, 2.75) is 45.9 Å². The van der Waals surface area contributed by atoms with Crippen LogP contribution in [-0.2, 0) is 11.3 Å². The van der Waals surface area contributed by atoms with E-state index in [1.54, 1.807) is 0 Å². The molecule has 3 aromatic carbocycles. The van der Waals surface area contributed by atoms with Gasteiger partial charge in [0.25, 0.3) is 0 Å². The first-order valence-corrected chi connectivity index (χ1v) is 12.5. The van der Waals surface area contributed by atoms with Crippen molar-refractivity contribution in [1.29, 1.82) is 0 Å². The number of benzene rings is 3. The van der Waals surface area contributed by atoms with Gasteiger partial charge in [-0.3, -0.25) is 9.69 Å². The summed E-state index contributed by atoms with van der Waals surface area (Å²) in [5.41, 5.74) is 5.18. The van der Waals surface area contributed by atoms with Crippen molar-refractivity contribution in [2.24, 2.45) is 0 Å². The number of aromatic nitrogens is 1. The van der Waals surface area contributed by atoms with Gasteiger partial charge in [0.15, 0.2) is 5.78 Å². The van der Waals surface area contributed by atoms with Gasteiger partial charge in [0, 0.05) is 58.1 Å². The molecule has 1 fully saturated rings. The summed E-state index contributed by atoms with van der Waals surface area (Å²) in [6.07, 6.45) is -0.651. The summed E-state index contributed by atoms with van der Waals surface area (Å²) < 4.78 is 7.79. The highest BCUT2D eigenvalue weighted by atomic mass is 16.5. The lowest BCUT2D eigenvalue weighted by Gasteiger charge is -2.43. The smallest absolute Gasteiger partial charge is 0.193 e. The molecule has 5 nitrogen and oxygen atoms in total. The number of hydrogen-bond acceptors (Lipinski definition) is 4. The van der Waals surface area contributed by atoms with Crippen molar-refractivity contribution in [1.82, 2.24) is 9.47 Å². The molecule has 0 aliphatic carbocycles. The van der Waals surface area contributed by atoms with Gasteiger partial charge in [-0.15, -0.1) is 0 Å². The fourth-order valence-corrected chi connectivity index (χ4v) is 5.37. The molecule has 5 heteroatoms. The number of aliphatic hydroxyl groups excluding tert-OH is 1. The van der Waals surface area contributed by atoms with Crippen molar-refractivity contribution in [3.05, 3.63) is 82.9 Å². The normalized spacial score (nSPS) is 16.1. The average molecular weight is 471 g/mol. The van der Waals surface area contributed by atoms with E-state index >= 15 is 0 Å². The highest BCUT2D eigenvalue weighted by molar-refractivity contribution is 6.14. The van der Waals surface area contributed by atoms with Crippen LogP contribution in [0.1, 0.15) is 53.9 Å². The Labute approximate surface area is 206 Å². The third-order valence-electron chi connectivity index (χ3n) is 7.59. The van der Waals surface area contributed by atoms with Crippen LogP contribution >= 0.6 is 0 Å². The van der Waals surface area contributed by atoms with Gasteiger partial charge in [-0.1, -0.05) is 35.9 Å². The molecule has 0 bridgehead atoms. The Morgan fingerprint density at radius 3 is 2.20 bits per heavy atom. The molecular formula is C30H34N2O3. The third-order valence-corrected chi connectivity index (χ3v) is 7.59. The second kappa shape index (κ2) is 9.23. The summed E-state index contributed by atoms with van der Waals surface area (Å²) in [7, 11) is 0. The number of morpholine rings is 1. The topological polar surface area (TPSA) is 54.7 Å². The Morgan fingerprint density at radius 1 is 0.943 bits per heavy atom. The molecule has 1 saturated heterocycles. The summed E-state index contributed by atoms with van der Waals surface area (Å²) >= 11 is 0. The van der Waals surface area contributed by atoms with E-state index in [0.29, 0.717) is 24.3 Å². The number of fused-ring (bicyclic) bond motifs is 3. The lowest BCUT2D eigenvalue weighted by atomic mass is 9.88. The second-order valence-electron chi connectivity index (χ2n) is 10.1. The minimum absolute atomic E-state index is 0.0222. The van der Waals surface area contributed by atoms with Gasteiger partial charge >= 0.3 is 0 Å². The number of aliphatic hydroxyl groups is 1. The van der Waals surface area contributed by atoms with E-state index in [1.807, 2.05) is 55.5 Å². The summed E-state index contributed by atoms with van der Waals surface area (Å²) in [6, 6.07) is 20.0. The Hall–Kier alpha value is -2.99. The van der Waals surface area contributed by atoms with Gasteiger partial charge in [0.05, 0.1) is 19.3 Å². The zero-order valence-corrected chi connectivity index (χ0v) is 21.0. The highest BCUT2D eigenvalue weighted by Crippen LogP contribution is 2.36. The van der Waals surface area contributed by atoms with Gasteiger partial charge in [-0.2, -0.15) is 0 Å². The van der Waals surface area contributed by atoms with Gasteiger partial charge in [-0.25, -0.2) is 0 Å². The molecule has 0 spiro atoms. The molecule has 1 aliphatic rings. The van der Waals surface area contributed by atoms with E-state index < -0.39 is 11.6 Å². The van der Waals surface area contributed by atoms with Crippen molar-refractivity contribution in [2.75, 3.05) is 26.3 Å². The number of carbonyl (C=O) groups excluding carboxylic acids is 1. The van der Waals surface area contributed by atoms with E-state index in [0.717, 1.165) is 52.6 Å². The highest BCUT2D eigenvalue weighted by Gasteiger charge is 2.36. The minimum Gasteiger partial charge on any atom is -0.386 e. The molecule has 1 N–H and O–H groups in total. The van der Waals surface area contributed by atoms with Gasteiger partial charge in [-0.05, 0) is 63.6 Å². The standard InChI is InChI=1S/C30H34N2O3/c1-5-32-26-12-10-22(28(33)21-8-6-20(2)7-9-21)18-24(26)25-19-23(11-13-27(25)32)29(34)30(3,4)31-14-16-35-17-15-31/h6-13,18-19,29,34H,5,14-17H2,1-4H3. The summed E-state index contributed by atoms with van der Waals surface area (Å²) in [6.45, 7) is 12.2. The number of hydrogen-bond donors (Lipinski definition) is 1. The van der Waals surface area contributed by atoms with E-state index in [4.69, 9.17) is 4.74 Å². The molecular weight excluding hydrogens is 436 g/mol. The van der Waals surface area contributed by atoms with Crippen LogP contribution in [0, 0.1) is 6.92 Å². The molecule has 0 radical (unpaired) electrons. The zero-order chi connectivity index (χ0) is 24.7. The van der Waals surface area contributed by atoms with E-state index in [2.05, 4.69) is 42.4 Å². The first-order valence-electron chi connectivity index (χ1n) is 12.5. The van der Waals surface area contributed by atoms with E-state index in [1.165, 1.54) is 0 Å². The van der Waals surface area contributed by atoms with Gasteiger partial charge in [0.2, 0.25) is 0 Å². The van der Waals surface area contributed by atoms with Crippen LogP contribution in [-0.4, -0.2) is 52.2 Å². The van der Waals surface area contributed by atoms with Gasteiger partial charge < -0.3 is 14.4 Å². The number of rotatable bonds is 6. The lowest BCUT2D eigenvalue weighted by Crippen LogP contribution is -2.53. The molecule has 182 valence electrons.